The highest BCUT2D eigenvalue weighted by molar-refractivity contribution is 5.89. The highest BCUT2D eigenvalue weighted by Gasteiger charge is 2.27. The predicted octanol–water partition coefficient (Wildman–Crippen LogP) is 1.87. The molecule has 1 amide bonds. The second-order valence-electron chi connectivity index (χ2n) is 6.37. The number of fused-ring (bicyclic) bond motifs is 1. The highest BCUT2D eigenvalue weighted by Crippen LogP contribution is 2.29. The van der Waals surface area contributed by atoms with Gasteiger partial charge >= 0.3 is 5.69 Å². The molecule has 27 heavy (non-hydrogen) atoms. The molecule has 1 fully saturated rings. The molecule has 3 heterocycles. The van der Waals surface area contributed by atoms with Gasteiger partial charge < -0.3 is 9.64 Å². The topological polar surface area (TPSA) is 104 Å². The minimum atomic E-state index is -0.392. The molecule has 138 valence electrons. The number of aromatic amines is 2. The van der Waals surface area contributed by atoms with Crippen molar-refractivity contribution in [3.8, 4) is 17.4 Å². The number of amides is 1. The lowest BCUT2D eigenvalue weighted by molar-refractivity contribution is -0.125. The number of nitrogens with zero attached hydrogens (tertiary/aromatic N) is 3. The quantitative estimate of drug-likeness (QED) is 0.687. The number of rotatable bonds is 4. The Hall–Kier alpha value is -3.42. The van der Waals surface area contributed by atoms with Crippen LogP contribution in [0.1, 0.15) is 13.3 Å². The molecule has 3 aromatic rings. The van der Waals surface area contributed by atoms with Gasteiger partial charge in [-0.3, -0.25) is 9.78 Å². The predicted molar refractivity (Wildman–Crippen MR) is 100 cm³/mol. The standard InChI is InChI=1S/C19H19N5O3/c1-2-5-16(25)24-9-8-13(11-24)27-18-14-7-4-3-6-12(14)10-15(20-18)17-21-19(26)23-22-17/h2-7,10,13H,8-9,11H2,1H3,(H2,21,22,23,26)/b5-2+. The minimum absolute atomic E-state index is 0.00994. The van der Waals surface area contributed by atoms with Gasteiger partial charge in [0.15, 0.2) is 5.82 Å². The van der Waals surface area contributed by atoms with E-state index in [1.165, 1.54) is 0 Å². The number of hydrogen-bond donors (Lipinski definition) is 2. The van der Waals surface area contributed by atoms with Crippen molar-refractivity contribution in [2.24, 2.45) is 0 Å². The summed E-state index contributed by atoms with van der Waals surface area (Å²) in [6.45, 7) is 2.99. The first-order chi connectivity index (χ1) is 13.1. The number of hydrogen-bond acceptors (Lipinski definition) is 5. The molecule has 8 nitrogen and oxygen atoms in total. The summed E-state index contributed by atoms with van der Waals surface area (Å²) in [5, 5.41) is 8.10. The third-order valence-electron chi connectivity index (χ3n) is 4.49. The second kappa shape index (κ2) is 7.06. The van der Waals surface area contributed by atoms with Gasteiger partial charge in [0, 0.05) is 18.4 Å². The zero-order chi connectivity index (χ0) is 18.8. The number of pyridine rings is 1. The minimum Gasteiger partial charge on any atom is -0.472 e. The summed E-state index contributed by atoms with van der Waals surface area (Å²) >= 11 is 0. The summed E-state index contributed by atoms with van der Waals surface area (Å²) in [5.74, 6) is 0.813. The molecule has 1 aliphatic heterocycles. The van der Waals surface area contributed by atoms with Crippen LogP contribution in [-0.2, 0) is 4.79 Å². The smallest absolute Gasteiger partial charge is 0.340 e. The van der Waals surface area contributed by atoms with Crippen LogP contribution < -0.4 is 10.4 Å². The Bertz CT molecular complexity index is 1070. The summed E-state index contributed by atoms with van der Waals surface area (Å²) in [6.07, 6.45) is 3.90. The Morgan fingerprint density at radius 2 is 2.22 bits per heavy atom. The van der Waals surface area contributed by atoms with Gasteiger partial charge in [0.25, 0.3) is 0 Å². The monoisotopic (exact) mass is 365 g/mol. The number of aromatic nitrogens is 4. The highest BCUT2D eigenvalue weighted by atomic mass is 16.5. The average molecular weight is 365 g/mol. The molecular weight excluding hydrogens is 346 g/mol. The Labute approximate surface area is 154 Å². The number of likely N-dealkylation sites (tertiary alicyclic amines) is 1. The van der Waals surface area contributed by atoms with Crippen LogP contribution in [0.25, 0.3) is 22.3 Å². The van der Waals surface area contributed by atoms with E-state index in [9.17, 15) is 9.59 Å². The molecule has 0 aliphatic carbocycles. The molecule has 4 rings (SSSR count). The summed E-state index contributed by atoms with van der Waals surface area (Å²) in [6, 6.07) is 9.59. The largest absolute Gasteiger partial charge is 0.472 e. The number of allylic oxidation sites excluding steroid dienone is 1. The third-order valence-corrected chi connectivity index (χ3v) is 4.49. The maximum atomic E-state index is 12.0. The molecule has 1 atom stereocenters. The second-order valence-corrected chi connectivity index (χ2v) is 6.37. The molecule has 0 spiro atoms. The summed E-state index contributed by atoms with van der Waals surface area (Å²) < 4.78 is 6.16. The van der Waals surface area contributed by atoms with Crippen molar-refractivity contribution in [1.82, 2.24) is 25.1 Å². The van der Waals surface area contributed by atoms with Crippen molar-refractivity contribution in [2.45, 2.75) is 19.4 Å². The van der Waals surface area contributed by atoms with E-state index in [0.29, 0.717) is 30.5 Å². The van der Waals surface area contributed by atoms with Gasteiger partial charge in [0.2, 0.25) is 11.8 Å². The van der Waals surface area contributed by atoms with E-state index in [4.69, 9.17) is 4.74 Å². The van der Waals surface area contributed by atoms with Crippen molar-refractivity contribution in [2.75, 3.05) is 13.1 Å². The summed E-state index contributed by atoms with van der Waals surface area (Å²) in [5.41, 5.74) is 0.123. The molecule has 1 aliphatic rings. The first-order valence-electron chi connectivity index (χ1n) is 8.77. The van der Waals surface area contributed by atoms with E-state index in [1.807, 2.05) is 37.3 Å². The van der Waals surface area contributed by atoms with Gasteiger partial charge in [-0.2, -0.15) is 5.10 Å². The first kappa shape index (κ1) is 17.0. The number of benzene rings is 1. The van der Waals surface area contributed by atoms with Gasteiger partial charge in [-0.05, 0) is 30.5 Å². The normalized spacial score (nSPS) is 17.1. The molecule has 1 aromatic carbocycles. The van der Waals surface area contributed by atoms with E-state index in [0.717, 1.165) is 17.2 Å². The maximum absolute atomic E-state index is 12.0. The number of ether oxygens (including phenoxy) is 1. The lowest BCUT2D eigenvalue weighted by atomic mass is 10.1. The first-order valence-corrected chi connectivity index (χ1v) is 8.77. The van der Waals surface area contributed by atoms with Crippen molar-refractivity contribution in [3.05, 3.63) is 53.0 Å². The van der Waals surface area contributed by atoms with Crippen LogP contribution in [0.2, 0.25) is 0 Å². The van der Waals surface area contributed by atoms with Crippen LogP contribution in [0, 0.1) is 0 Å². The van der Waals surface area contributed by atoms with Gasteiger partial charge in [0.1, 0.15) is 11.8 Å². The Morgan fingerprint density at radius 3 is 3.00 bits per heavy atom. The molecule has 0 saturated carbocycles. The maximum Gasteiger partial charge on any atom is 0.340 e. The number of carbonyl (C=O) groups excluding carboxylic acids is 1. The third kappa shape index (κ3) is 3.46. The molecule has 1 unspecified atom stereocenters. The van der Waals surface area contributed by atoms with E-state index in [-0.39, 0.29) is 12.0 Å². The lowest BCUT2D eigenvalue weighted by Crippen LogP contribution is -2.29. The molecule has 0 bridgehead atoms. The van der Waals surface area contributed by atoms with Crippen LogP contribution in [0.15, 0.2) is 47.3 Å². The lowest BCUT2D eigenvalue weighted by Gasteiger charge is -2.16. The summed E-state index contributed by atoms with van der Waals surface area (Å²) in [4.78, 5) is 32.3. The Balaban J connectivity index is 1.65. The zero-order valence-corrected chi connectivity index (χ0v) is 14.8. The van der Waals surface area contributed by atoms with Crippen molar-refractivity contribution in [1.29, 1.82) is 0 Å². The average Bonchev–Trinajstić information content (AvgIpc) is 3.31. The fourth-order valence-corrected chi connectivity index (χ4v) is 3.20. The molecule has 8 heteroatoms. The molecule has 1 saturated heterocycles. The van der Waals surface area contributed by atoms with E-state index in [1.54, 1.807) is 17.1 Å². The van der Waals surface area contributed by atoms with Gasteiger partial charge in [-0.15, -0.1) is 0 Å². The molecule has 0 radical (unpaired) electrons. The van der Waals surface area contributed by atoms with Gasteiger partial charge in [0.05, 0.1) is 6.54 Å². The van der Waals surface area contributed by atoms with E-state index in [2.05, 4.69) is 20.2 Å². The van der Waals surface area contributed by atoms with Gasteiger partial charge in [-0.1, -0.05) is 24.3 Å². The van der Waals surface area contributed by atoms with Crippen molar-refractivity contribution in [3.63, 3.8) is 0 Å². The SMILES string of the molecule is C/C=C/C(=O)N1CCC(Oc2nc(-c3n[nH]c(=O)[nH]3)cc3ccccc23)C1. The molecular formula is C19H19N5O3. The number of carbonyl (C=O) groups is 1. The van der Waals surface area contributed by atoms with Gasteiger partial charge in [-0.25, -0.2) is 14.9 Å². The molecule has 2 N–H and O–H groups in total. The van der Waals surface area contributed by atoms with Crippen LogP contribution in [0.5, 0.6) is 5.88 Å². The Kier molecular flexibility index (Phi) is 4.45. The fraction of sp³-hybridized carbons (Fsp3) is 0.263. The number of H-pyrrole nitrogens is 2. The number of nitrogens with one attached hydrogen (secondary N) is 2. The van der Waals surface area contributed by atoms with Crippen molar-refractivity contribution >= 4 is 16.7 Å². The molecule has 2 aromatic heterocycles. The van der Waals surface area contributed by atoms with E-state index >= 15 is 0 Å². The van der Waals surface area contributed by atoms with Crippen LogP contribution in [-0.4, -0.2) is 50.2 Å². The van der Waals surface area contributed by atoms with E-state index < -0.39 is 5.69 Å². The summed E-state index contributed by atoms with van der Waals surface area (Å²) in [7, 11) is 0. The Morgan fingerprint density at radius 1 is 1.37 bits per heavy atom. The zero-order valence-electron chi connectivity index (χ0n) is 14.8. The fourth-order valence-electron chi connectivity index (χ4n) is 3.20. The van der Waals surface area contributed by atoms with Crippen molar-refractivity contribution < 1.29 is 9.53 Å². The van der Waals surface area contributed by atoms with Crippen LogP contribution >= 0.6 is 0 Å². The van der Waals surface area contributed by atoms with Crippen LogP contribution in [0.3, 0.4) is 0 Å². The van der Waals surface area contributed by atoms with Crippen LogP contribution in [0.4, 0.5) is 0 Å².